The Hall–Kier alpha value is 0.150. The van der Waals surface area contributed by atoms with E-state index in [9.17, 15) is 4.21 Å². The molecule has 0 bridgehead atoms. The van der Waals surface area contributed by atoms with Gasteiger partial charge in [0.1, 0.15) is 0 Å². The van der Waals surface area contributed by atoms with Crippen molar-refractivity contribution in [2.24, 2.45) is 0 Å². The summed E-state index contributed by atoms with van der Waals surface area (Å²) in [6, 6.07) is 0. The molecule has 8 heavy (non-hydrogen) atoms. The molecule has 0 N–H and O–H groups in total. The van der Waals surface area contributed by atoms with Crippen LogP contribution >= 0.6 is 0 Å². The van der Waals surface area contributed by atoms with Crippen molar-refractivity contribution in [3.8, 4) is 0 Å². The minimum absolute atomic E-state index is 0.194. The van der Waals surface area contributed by atoms with Gasteiger partial charge in [-0.3, -0.25) is 4.21 Å². The van der Waals surface area contributed by atoms with E-state index in [2.05, 4.69) is 13.8 Å². The van der Waals surface area contributed by atoms with Crippen molar-refractivity contribution >= 4 is 10.8 Å². The molecule has 1 saturated heterocycles. The molecule has 0 aromatic heterocycles. The zero-order chi connectivity index (χ0) is 6.20. The highest BCUT2D eigenvalue weighted by Gasteiger charge is 2.37. The van der Waals surface area contributed by atoms with E-state index in [1.165, 1.54) is 0 Å². The van der Waals surface area contributed by atoms with Crippen molar-refractivity contribution in [2.45, 2.75) is 31.4 Å². The summed E-state index contributed by atoms with van der Waals surface area (Å²) < 4.78 is 11.1. The second-order valence-electron chi connectivity index (χ2n) is 2.60. The minimum atomic E-state index is -0.495. The predicted molar refractivity (Wildman–Crippen MR) is 36.3 cm³/mol. The molecule has 1 rings (SSSR count). The zero-order valence-corrected chi connectivity index (χ0v) is 6.25. The molecule has 1 heterocycles. The Kier molecular flexibility index (Phi) is 1.44. The fourth-order valence-corrected chi connectivity index (χ4v) is 2.26. The van der Waals surface area contributed by atoms with Crippen LogP contribution in [0.4, 0.5) is 0 Å². The highest BCUT2D eigenvalue weighted by atomic mass is 32.2. The van der Waals surface area contributed by atoms with Crippen LogP contribution in [0.5, 0.6) is 0 Å². The van der Waals surface area contributed by atoms with Crippen molar-refractivity contribution < 1.29 is 4.21 Å². The van der Waals surface area contributed by atoms with E-state index in [0.717, 1.165) is 18.6 Å². The smallest absolute Gasteiger partial charge is 0.0437 e. The lowest BCUT2D eigenvalue weighted by molar-refractivity contribution is 0.519. The van der Waals surface area contributed by atoms with Gasteiger partial charge in [-0.2, -0.15) is 0 Å². The van der Waals surface area contributed by atoms with Gasteiger partial charge in [0, 0.05) is 21.3 Å². The summed E-state index contributed by atoms with van der Waals surface area (Å²) in [4.78, 5) is 0. The second-order valence-corrected chi connectivity index (χ2v) is 4.69. The van der Waals surface area contributed by atoms with Gasteiger partial charge in [-0.1, -0.05) is 6.92 Å². The van der Waals surface area contributed by atoms with Gasteiger partial charge in [-0.05, 0) is 19.8 Å². The molecule has 0 amide bonds. The molecular weight excluding hydrogens is 120 g/mol. The Morgan fingerprint density at radius 2 is 2.38 bits per heavy atom. The summed E-state index contributed by atoms with van der Waals surface area (Å²) in [5.41, 5.74) is 0. The van der Waals surface area contributed by atoms with Gasteiger partial charge in [0.15, 0.2) is 0 Å². The lowest BCUT2D eigenvalue weighted by Crippen LogP contribution is -2.42. The molecule has 0 aromatic rings. The quantitative estimate of drug-likeness (QED) is 0.525. The third-order valence-corrected chi connectivity index (χ3v) is 4.28. The number of rotatable bonds is 1. The SMILES string of the molecule is CCC1(C)CCS1=O. The molecule has 2 atom stereocenters. The fourth-order valence-electron chi connectivity index (χ4n) is 0.872. The van der Waals surface area contributed by atoms with Crippen molar-refractivity contribution in [1.82, 2.24) is 0 Å². The molecule has 0 spiro atoms. The van der Waals surface area contributed by atoms with Gasteiger partial charge in [-0.15, -0.1) is 0 Å². The summed E-state index contributed by atoms with van der Waals surface area (Å²) in [5.74, 6) is 0.935. The van der Waals surface area contributed by atoms with Gasteiger partial charge in [0.05, 0.1) is 0 Å². The second kappa shape index (κ2) is 1.83. The van der Waals surface area contributed by atoms with Gasteiger partial charge in [-0.25, -0.2) is 0 Å². The highest BCUT2D eigenvalue weighted by Crippen LogP contribution is 2.32. The maximum atomic E-state index is 10.9. The first-order valence-corrected chi connectivity index (χ1v) is 4.39. The Morgan fingerprint density at radius 3 is 2.38 bits per heavy atom. The maximum absolute atomic E-state index is 10.9. The monoisotopic (exact) mass is 132 g/mol. The first-order chi connectivity index (χ1) is 3.69. The molecule has 2 unspecified atom stereocenters. The van der Waals surface area contributed by atoms with E-state index in [1.54, 1.807) is 0 Å². The van der Waals surface area contributed by atoms with Gasteiger partial charge in [0.2, 0.25) is 0 Å². The minimum Gasteiger partial charge on any atom is -0.259 e. The first kappa shape index (κ1) is 6.27. The normalized spacial score (nSPS) is 46.0. The van der Waals surface area contributed by atoms with E-state index < -0.39 is 10.8 Å². The van der Waals surface area contributed by atoms with Crippen LogP contribution in [0.2, 0.25) is 0 Å². The number of hydrogen-bond donors (Lipinski definition) is 0. The lowest BCUT2D eigenvalue weighted by atomic mass is 10.0. The maximum Gasteiger partial charge on any atom is 0.0437 e. The zero-order valence-electron chi connectivity index (χ0n) is 5.44. The molecule has 48 valence electrons. The lowest BCUT2D eigenvalue weighted by Gasteiger charge is -2.35. The fraction of sp³-hybridized carbons (Fsp3) is 1.00. The van der Waals surface area contributed by atoms with Gasteiger partial charge in [0.25, 0.3) is 0 Å². The van der Waals surface area contributed by atoms with Crippen molar-refractivity contribution in [3.05, 3.63) is 0 Å². The Bertz CT molecular complexity index is 118. The highest BCUT2D eigenvalue weighted by molar-refractivity contribution is 7.87. The van der Waals surface area contributed by atoms with E-state index in [1.807, 2.05) is 0 Å². The van der Waals surface area contributed by atoms with Crippen LogP contribution in [0.1, 0.15) is 26.7 Å². The summed E-state index contributed by atoms with van der Waals surface area (Å²) in [6.07, 6.45) is 2.23. The third kappa shape index (κ3) is 0.711. The Labute approximate surface area is 52.9 Å². The largest absolute Gasteiger partial charge is 0.259 e. The summed E-state index contributed by atoms with van der Waals surface area (Å²) >= 11 is 0. The first-order valence-electron chi connectivity index (χ1n) is 3.07. The molecule has 0 radical (unpaired) electrons. The van der Waals surface area contributed by atoms with Crippen LogP contribution < -0.4 is 0 Å². The van der Waals surface area contributed by atoms with Gasteiger partial charge < -0.3 is 0 Å². The third-order valence-electron chi connectivity index (χ3n) is 2.11. The van der Waals surface area contributed by atoms with E-state index in [-0.39, 0.29) is 4.75 Å². The average Bonchev–Trinajstić information content (AvgIpc) is 1.83. The summed E-state index contributed by atoms with van der Waals surface area (Å²) in [6.45, 7) is 4.21. The summed E-state index contributed by atoms with van der Waals surface area (Å²) in [5, 5.41) is 0. The van der Waals surface area contributed by atoms with Crippen LogP contribution in [0.25, 0.3) is 0 Å². The van der Waals surface area contributed by atoms with Crippen LogP contribution in [0.3, 0.4) is 0 Å². The molecule has 1 fully saturated rings. The Morgan fingerprint density at radius 1 is 1.75 bits per heavy atom. The molecule has 0 aliphatic carbocycles. The van der Waals surface area contributed by atoms with Gasteiger partial charge >= 0.3 is 0 Å². The van der Waals surface area contributed by atoms with E-state index in [4.69, 9.17) is 0 Å². The average molecular weight is 132 g/mol. The topological polar surface area (TPSA) is 17.1 Å². The van der Waals surface area contributed by atoms with Crippen molar-refractivity contribution in [1.29, 1.82) is 0 Å². The molecule has 0 saturated carbocycles. The van der Waals surface area contributed by atoms with E-state index in [0.29, 0.717) is 0 Å². The standard InChI is InChI=1S/C6H12OS/c1-3-6(2)4-5-8(6)7/h3-5H2,1-2H3. The van der Waals surface area contributed by atoms with Crippen LogP contribution in [-0.4, -0.2) is 14.7 Å². The van der Waals surface area contributed by atoms with Crippen molar-refractivity contribution in [3.63, 3.8) is 0 Å². The van der Waals surface area contributed by atoms with Crippen LogP contribution in [0, 0.1) is 0 Å². The van der Waals surface area contributed by atoms with Crippen LogP contribution in [0.15, 0.2) is 0 Å². The van der Waals surface area contributed by atoms with Crippen molar-refractivity contribution in [2.75, 3.05) is 5.75 Å². The molecule has 2 heteroatoms. The summed E-state index contributed by atoms with van der Waals surface area (Å²) in [7, 11) is -0.495. The van der Waals surface area contributed by atoms with E-state index >= 15 is 0 Å². The molecule has 0 aromatic carbocycles. The molecular formula is C6H12OS. The molecule has 1 nitrogen and oxygen atoms in total. The molecule has 1 aliphatic heterocycles. The number of hydrogen-bond acceptors (Lipinski definition) is 1. The predicted octanol–water partition coefficient (Wildman–Crippen LogP) is 1.31. The van der Waals surface area contributed by atoms with Crippen LogP contribution in [-0.2, 0) is 10.8 Å². The molecule has 1 aliphatic rings. The Balaban J connectivity index is 2.55.